The molecule has 6 nitrogen and oxygen atoms in total. The van der Waals surface area contributed by atoms with Gasteiger partial charge in [0.05, 0.1) is 18.9 Å². The number of para-hydroxylation sites is 1. The van der Waals surface area contributed by atoms with E-state index in [0.717, 1.165) is 73.4 Å². The van der Waals surface area contributed by atoms with Crippen molar-refractivity contribution in [2.45, 2.75) is 51.2 Å². The molecule has 1 aromatic heterocycles. The molecular formula is C22H29N3O3. The van der Waals surface area contributed by atoms with Crippen molar-refractivity contribution in [3.63, 3.8) is 0 Å². The van der Waals surface area contributed by atoms with Crippen LogP contribution in [0.5, 0.6) is 5.75 Å². The summed E-state index contributed by atoms with van der Waals surface area (Å²) in [6.07, 6.45) is 6.33. The van der Waals surface area contributed by atoms with Crippen molar-refractivity contribution < 1.29 is 14.3 Å². The molecule has 1 fully saturated rings. The summed E-state index contributed by atoms with van der Waals surface area (Å²) in [4.78, 5) is 15.6. The van der Waals surface area contributed by atoms with Gasteiger partial charge in [-0.25, -0.2) is 0 Å². The number of rotatable bonds is 6. The van der Waals surface area contributed by atoms with Gasteiger partial charge in [0.15, 0.2) is 0 Å². The first-order chi connectivity index (χ1) is 13.7. The van der Waals surface area contributed by atoms with Crippen LogP contribution < -0.4 is 4.74 Å². The van der Waals surface area contributed by atoms with Crippen LogP contribution >= 0.6 is 0 Å². The molecule has 2 heterocycles. The summed E-state index contributed by atoms with van der Waals surface area (Å²) in [6.45, 7) is 1.88. The number of ether oxygens (including phenoxy) is 2. The number of aromatic nitrogens is 2. The Morgan fingerprint density at radius 3 is 2.89 bits per heavy atom. The van der Waals surface area contributed by atoms with E-state index < -0.39 is 0 Å². The number of hydrogen-bond donors (Lipinski definition) is 0. The molecule has 0 spiro atoms. The second-order valence-corrected chi connectivity index (χ2v) is 7.74. The van der Waals surface area contributed by atoms with Crippen molar-refractivity contribution in [3.05, 3.63) is 46.8 Å². The standard InChI is InChI=1S/C22H29N3O3/c1-24-21(18-10-4-5-11-19(18)23-24)22(26)25(15-17-9-7-13-28-17)14-16-8-3-6-12-20(16)27-2/h3,6,8,12,17H,4-5,7,9-11,13-15H2,1-2H3. The monoisotopic (exact) mass is 383 g/mol. The Balaban J connectivity index is 1.65. The lowest BCUT2D eigenvalue weighted by atomic mass is 9.95. The van der Waals surface area contributed by atoms with E-state index in [1.54, 1.807) is 11.8 Å². The predicted octanol–water partition coefficient (Wildman–Crippen LogP) is 3.13. The number of amides is 1. The van der Waals surface area contributed by atoms with Crippen molar-refractivity contribution in [2.75, 3.05) is 20.3 Å². The van der Waals surface area contributed by atoms with Gasteiger partial charge in [0.1, 0.15) is 11.4 Å². The van der Waals surface area contributed by atoms with Crippen molar-refractivity contribution in [1.82, 2.24) is 14.7 Å². The maximum absolute atomic E-state index is 13.7. The molecule has 2 aromatic rings. The van der Waals surface area contributed by atoms with Gasteiger partial charge in [0, 0.05) is 37.9 Å². The zero-order valence-corrected chi connectivity index (χ0v) is 16.8. The Morgan fingerprint density at radius 1 is 1.29 bits per heavy atom. The van der Waals surface area contributed by atoms with E-state index in [4.69, 9.17) is 9.47 Å². The average Bonchev–Trinajstić information content (AvgIpc) is 3.34. The smallest absolute Gasteiger partial charge is 0.272 e. The highest BCUT2D eigenvalue weighted by atomic mass is 16.5. The summed E-state index contributed by atoms with van der Waals surface area (Å²) in [5.74, 6) is 0.847. The van der Waals surface area contributed by atoms with E-state index in [1.165, 1.54) is 0 Å². The molecule has 1 atom stereocenters. The van der Waals surface area contributed by atoms with Crippen molar-refractivity contribution in [3.8, 4) is 5.75 Å². The van der Waals surface area contributed by atoms with E-state index in [0.29, 0.717) is 13.1 Å². The second kappa shape index (κ2) is 8.35. The molecule has 0 radical (unpaired) electrons. The minimum atomic E-state index is 0.0413. The summed E-state index contributed by atoms with van der Waals surface area (Å²) < 4.78 is 13.1. The second-order valence-electron chi connectivity index (χ2n) is 7.74. The fourth-order valence-corrected chi connectivity index (χ4v) is 4.39. The molecule has 1 aromatic carbocycles. The lowest BCUT2D eigenvalue weighted by Crippen LogP contribution is -2.38. The van der Waals surface area contributed by atoms with E-state index in [9.17, 15) is 4.79 Å². The molecule has 1 aliphatic heterocycles. The first kappa shape index (κ1) is 19.0. The van der Waals surface area contributed by atoms with Gasteiger partial charge in [-0.15, -0.1) is 0 Å². The van der Waals surface area contributed by atoms with Gasteiger partial charge in [-0.05, 0) is 44.6 Å². The maximum Gasteiger partial charge on any atom is 0.272 e. The molecule has 150 valence electrons. The minimum Gasteiger partial charge on any atom is -0.496 e. The highest BCUT2D eigenvalue weighted by molar-refractivity contribution is 5.94. The SMILES string of the molecule is COc1ccccc1CN(CC1CCCO1)C(=O)c1c2c(nn1C)CCCC2. The maximum atomic E-state index is 13.7. The van der Waals surface area contributed by atoms with Gasteiger partial charge in [-0.3, -0.25) is 9.48 Å². The highest BCUT2D eigenvalue weighted by Gasteiger charge is 2.30. The molecule has 1 aliphatic carbocycles. The Labute approximate surface area is 166 Å². The fraction of sp³-hybridized carbons (Fsp3) is 0.545. The first-order valence-electron chi connectivity index (χ1n) is 10.2. The summed E-state index contributed by atoms with van der Waals surface area (Å²) in [7, 11) is 3.56. The Bertz CT molecular complexity index is 840. The van der Waals surface area contributed by atoms with Gasteiger partial charge in [0.25, 0.3) is 5.91 Å². The largest absolute Gasteiger partial charge is 0.496 e. The summed E-state index contributed by atoms with van der Waals surface area (Å²) in [6, 6.07) is 7.90. The quantitative estimate of drug-likeness (QED) is 0.769. The number of benzene rings is 1. The Kier molecular flexibility index (Phi) is 5.67. The van der Waals surface area contributed by atoms with Crippen LogP contribution in [0, 0.1) is 0 Å². The van der Waals surface area contributed by atoms with Crippen molar-refractivity contribution in [2.24, 2.45) is 7.05 Å². The molecule has 28 heavy (non-hydrogen) atoms. The molecule has 0 saturated carbocycles. The van der Waals surface area contributed by atoms with Crippen LogP contribution in [-0.4, -0.2) is 47.0 Å². The summed E-state index contributed by atoms with van der Waals surface area (Å²) >= 11 is 0. The molecule has 0 bridgehead atoms. The zero-order valence-electron chi connectivity index (χ0n) is 16.8. The third-order valence-corrected chi connectivity index (χ3v) is 5.81. The number of nitrogens with zero attached hydrogens (tertiary/aromatic N) is 3. The molecular weight excluding hydrogens is 354 g/mol. The van der Waals surface area contributed by atoms with Crippen LogP contribution in [0.15, 0.2) is 24.3 Å². The van der Waals surface area contributed by atoms with Crippen LogP contribution in [0.25, 0.3) is 0 Å². The molecule has 0 N–H and O–H groups in total. The lowest BCUT2D eigenvalue weighted by Gasteiger charge is -2.27. The van der Waals surface area contributed by atoms with Crippen LogP contribution in [0.3, 0.4) is 0 Å². The molecule has 4 rings (SSSR count). The molecule has 1 saturated heterocycles. The number of carbonyl (C=O) groups excluding carboxylic acids is 1. The average molecular weight is 383 g/mol. The third-order valence-electron chi connectivity index (χ3n) is 5.81. The topological polar surface area (TPSA) is 56.6 Å². The fourth-order valence-electron chi connectivity index (χ4n) is 4.39. The Morgan fingerprint density at radius 2 is 2.11 bits per heavy atom. The summed E-state index contributed by atoms with van der Waals surface area (Å²) in [5, 5.41) is 4.64. The van der Waals surface area contributed by atoms with Crippen LogP contribution in [0.4, 0.5) is 0 Å². The van der Waals surface area contributed by atoms with Gasteiger partial charge >= 0.3 is 0 Å². The number of carbonyl (C=O) groups is 1. The van der Waals surface area contributed by atoms with Gasteiger partial charge in [0.2, 0.25) is 0 Å². The van der Waals surface area contributed by atoms with Crippen LogP contribution in [-0.2, 0) is 31.2 Å². The van der Waals surface area contributed by atoms with Crippen molar-refractivity contribution in [1.29, 1.82) is 0 Å². The van der Waals surface area contributed by atoms with E-state index in [2.05, 4.69) is 5.10 Å². The van der Waals surface area contributed by atoms with E-state index in [-0.39, 0.29) is 12.0 Å². The highest BCUT2D eigenvalue weighted by Crippen LogP contribution is 2.27. The molecule has 1 amide bonds. The lowest BCUT2D eigenvalue weighted by molar-refractivity contribution is 0.0496. The normalized spacial score (nSPS) is 18.7. The van der Waals surface area contributed by atoms with Crippen LogP contribution in [0.1, 0.15) is 53.0 Å². The van der Waals surface area contributed by atoms with Gasteiger partial charge in [-0.2, -0.15) is 5.10 Å². The third kappa shape index (κ3) is 3.78. The van der Waals surface area contributed by atoms with Crippen LogP contribution in [0.2, 0.25) is 0 Å². The predicted molar refractivity (Wildman–Crippen MR) is 107 cm³/mol. The number of aryl methyl sites for hydroxylation is 2. The van der Waals surface area contributed by atoms with Crippen molar-refractivity contribution >= 4 is 5.91 Å². The number of hydrogen-bond acceptors (Lipinski definition) is 4. The van der Waals surface area contributed by atoms with Gasteiger partial charge in [-0.1, -0.05) is 18.2 Å². The molecule has 2 aliphatic rings. The number of fused-ring (bicyclic) bond motifs is 1. The Hall–Kier alpha value is -2.34. The van der Waals surface area contributed by atoms with E-state index >= 15 is 0 Å². The minimum absolute atomic E-state index is 0.0413. The van der Waals surface area contributed by atoms with E-state index in [1.807, 2.05) is 36.2 Å². The zero-order chi connectivity index (χ0) is 19.5. The van der Waals surface area contributed by atoms with Gasteiger partial charge < -0.3 is 14.4 Å². The summed E-state index contributed by atoms with van der Waals surface area (Å²) in [5.41, 5.74) is 3.97. The number of methoxy groups -OCH3 is 1. The molecule has 6 heteroatoms. The first-order valence-corrected chi connectivity index (χ1v) is 10.2. The molecule has 1 unspecified atom stereocenters.